The number of rotatable bonds is 3. The lowest BCUT2D eigenvalue weighted by atomic mass is 10.1. The lowest BCUT2D eigenvalue weighted by Crippen LogP contribution is -2.14. The van der Waals surface area contributed by atoms with Crippen molar-refractivity contribution < 1.29 is 4.39 Å². The van der Waals surface area contributed by atoms with Crippen LogP contribution in [0.25, 0.3) is 11.3 Å². The molecule has 0 aliphatic carbocycles. The Morgan fingerprint density at radius 1 is 1.08 bits per heavy atom. The van der Waals surface area contributed by atoms with Crippen LogP contribution in [0, 0.1) is 12.7 Å². The lowest BCUT2D eigenvalue weighted by molar-refractivity contribution is 0.629. The molecule has 3 nitrogen and oxygen atoms in total. The predicted molar refractivity (Wildman–Crippen MR) is 98.0 cm³/mol. The van der Waals surface area contributed by atoms with Crippen molar-refractivity contribution in [3.8, 4) is 11.3 Å². The number of benzene rings is 2. The first-order valence-electron chi connectivity index (χ1n) is 7.61. The van der Waals surface area contributed by atoms with E-state index in [4.69, 9.17) is 5.10 Å². The van der Waals surface area contributed by atoms with Crippen LogP contribution in [0.4, 0.5) is 4.39 Å². The molecule has 0 spiro atoms. The molecular weight excluding hydrogens is 321 g/mol. The monoisotopic (exact) mass is 339 g/mol. The Kier molecular flexibility index (Phi) is 4.71. The maximum Gasteiger partial charge on any atom is 0.205 e. The lowest BCUT2D eigenvalue weighted by Gasteiger charge is -2.07. The van der Waals surface area contributed by atoms with E-state index in [1.54, 1.807) is 23.9 Å². The van der Waals surface area contributed by atoms with Gasteiger partial charge in [0.1, 0.15) is 5.82 Å². The molecule has 0 aliphatic heterocycles. The van der Waals surface area contributed by atoms with E-state index >= 15 is 0 Å². The molecule has 1 aromatic heterocycles. The van der Waals surface area contributed by atoms with Crippen molar-refractivity contribution in [2.45, 2.75) is 13.8 Å². The summed E-state index contributed by atoms with van der Waals surface area (Å²) in [5.41, 5.74) is 4.29. The van der Waals surface area contributed by atoms with Gasteiger partial charge in [0.2, 0.25) is 4.80 Å². The molecule has 0 N–H and O–H groups in total. The first kappa shape index (κ1) is 16.3. The highest BCUT2D eigenvalue weighted by Gasteiger charge is 2.12. The SMILES string of the molecule is CN=c1scc(-c2ccccc2F)n1N=C(C)c1ccc(C)cc1. The summed E-state index contributed by atoms with van der Waals surface area (Å²) >= 11 is 1.44. The number of aryl methyl sites for hydroxylation is 1. The minimum atomic E-state index is -0.269. The number of nitrogens with zero attached hydrogens (tertiary/aromatic N) is 3. The topological polar surface area (TPSA) is 29.6 Å². The van der Waals surface area contributed by atoms with Crippen molar-refractivity contribution in [2.75, 3.05) is 7.05 Å². The molecule has 0 atom stereocenters. The highest BCUT2D eigenvalue weighted by Crippen LogP contribution is 2.23. The predicted octanol–water partition coefficient (Wildman–Crippen LogP) is 4.47. The smallest absolute Gasteiger partial charge is 0.205 e. The summed E-state index contributed by atoms with van der Waals surface area (Å²) in [5, 5.41) is 6.57. The highest BCUT2D eigenvalue weighted by molar-refractivity contribution is 7.07. The minimum absolute atomic E-state index is 0.269. The van der Waals surface area contributed by atoms with E-state index in [1.165, 1.54) is 23.0 Å². The highest BCUT2D eigenvalue weighted by atomic mass is 32.1. The fraction of sp³-hybridized carbons (Fsp3) is 0.158. The Morgan fingerprint density at radius 3 is 2.46 bits per heavy atom. The van der Waals surface area contributed by atoms with Gasteiger partial charge in [-0.05, 0) is 31.5 Å². The van der Waals surface area contributed by atoms with Gasteiger partial charge in [-0.15, -0.1) is 11.3 Å². The van der Waals surface area contributed by atoms with Gasteiger partial charge >= 0.3 is 0 Å². The molecule has 122 valence electrons. The molecule has 3 aromatic rings. The van der Waals surface area contributed by atoms with Crippen LogP contribution in [-0.4, -0.2) is 17.4 Å². The Balaban J connectivity index is 2.14. The summed E-state index contributed by atoms with van der Waals surface area (Å²) in [6.07, 6.45) is 0. The number of hydrogen-bond acceptors (Lipinski definition) is 3. The molecule has 0 unspecified atom stereocenters. The van der Waals surface area contributed by atoms with Gasteiger partial charge < -0.3 is 0 Å². The molecule has 0 amide bonds. The summed E-state index contributed by atoms with van der Waals surface area (Å²) in [6, 6.07) is 14.9. The van der Waals surface area contributed by atoms with Crippen molar-refractivity contribution in [2.24, 2.45) is 10.1 Å². The number of hydrogen-bond donors (Lipinski definition) is 0. The summed E-state index contributed by atoms with van der Waals surface area (Å²) < 4.78 is 15.9. The maximum absolute atomic E-state index is 14.2. The molecule has 0 fully saturated rings. The first-order valence-corrected chi connectivity index (χ1v) is 8.49. The van der Waals surface area contributed by atoms with Gasteiger partial charge in [-0.3, -0.25) is 4.99 Å². The average Bonchev–Trinajstić information content (AvgIpc) is 2.98. The van der Waals surface area contributed by atoms with Crippen molar-refractivity contribution >= 4 is 17.0 Å². The second-order valence-electron chi connectivity index (χ2n) is 5.47. The zero-order chi connectivity index (χ0) is 17.1. The largest absolute Gasteiger partial charge is 0.261 e. The third kappa shape index (κ3) is 3.21. The van der Waals surface area contributed by atoms with Gasteiger partial charge in [0.15, 0.2) is 0 Å². The van der Waals surface area contributed by atoms with Crippen molar-refractivity contribution in [3.05, 3.63) is 75.7 Å². The van der Waals surface area contributed by atoms with Gasteiger partial charge in [-0.1, -0.05) is 42.0 Å². The van der Waals surface area contributed by atoms with Gasteiger partial charge in [-0.25, -0.2) is 9.07 Å². The maximum atomic E-state index is 14.2. The van der Waals surface area contributed by atoms with Crippen molar-refractivity contribution in [3.63, 3.8) is 0 Å². The Bertz CT molecular complexity index is 949. The van der Waals surface area contributed by atoms with E-state index in [0.29, 0.717) is 11.3 Å². The molecule has 5 heteroatoms. The van der Waals surface area contributed by atoms with Gasteiger partial charge in [0, 0.05) is 18.0 Å². The van der Waals surface area contributed by atoms with Crippen LogP contribution in [0.3, 0.4) is 0 Å². The molecule has 3 rings (SSSR count). The third-order valence-electron chi connectivity index (χ3n) is 3.75. The zero-order valence-electron chi connectivity index (χ0n) is 13.8. The van der Waals surface area contributed by atoms with E-state index in [1.807, 2.05) is 37.4 Å². The summed E-state index contributed by atoms with van der Waals surface area (Å²) in [4.78, 5) is 4.98. The van der Waals surface area contributed by atoms with Crippen LogP contribution in [0.2, 0.25) is 0 Å². The fourth-order valence-corrected chi connectivity index (χ4v) is 3.19. The van der Waals surface area contributed by atoms with E-state index in [2.05, 4.69) is 17.1 Å². The Morgan fingerprint density at radius 2 is 1.79 bits per heavy atom. The zero-order valence-corrected chi connectivity index (χ0v) is 14.6. The molecule has 2 aromatic carbocycles. The molecule has 1 heterocycles. The first-order chi connectivity index (χ1) is 11.6. The van der Waals surface area contributed by atoms with Gasteiger partial charge in [0.25, 0.3) is 0 Å². The van der Waals surface area contributed by atoms with Crippen LogP contribution < -0.4 is 4.80 Å². The van der Waals surface area contributed by atoms with Crippen molar-refractivity contribution in [1.29, 1.82) is 0 Å². The summed E-state index contributed by atoms with van der Waals surface area (Å²) in [5.74, 6) is -0.269. The third-order valence-corrected chi connectivity index (χ3v) is 4.65. The van der Waals surface area contributed by atoms with E-state index in [9.17, 15) is 4.39 Å². The van der Waals surface area contributed by atoms with E-state index in [-0.39, 0.29) is 5.82 Å². The quantitative estimate of drug-likeness (QED) is 0.630. The summed E-state index contributed by atoms with van der Waals surface area (Å²) in [6.45, 7) is 3.99. The van der Waals surface area contributed by atoms with E-state index < -0.39 is 0 Å². The molecule has 0 bridgehead atoms. The van der Waals surface area contributed by atoms with E-state index in [0.717, 1.165) is 16.1 Å². The van der Waals surface area contributed by atoms with Crippen molar-refractivity contribution in [1.82, 2.24) is 4.68 Å². The van der Waals surface area contributed by atoms with Gasteiger partial charge in [0.05, 0.1) is 11.4 Å². The van der Waals surface area contributed by atoms with Crippen LogP contribution in [0.5, 0.6) is 0 Å². The normalized spacial score (nSPS) is 12.7. The van der Waals surface area contributed by atoms with Crippen LogP contribution in [-0.2, 0) is 0 Å². The Labute approximate surface area is 144 Å². The molecule has 0 aliphatic rings. The van der Waals surface area contributed by atoms with Crippen LogP contribution in [0.15, 0.2) is 64.0 Å². The van der Waals surface area contributed by atoms with Crippen LogP contribution in [0.1, 0.15) is 18.1 Å². The minimum Gasteiger partial charge on any atom is -0.261 e. The second kappa shape index (κ2) is 6.93. The summed E-state index contributed by atoms with van der Waals surface area (Å²) in [7, 11) is 1.71. The molecular formula is C19H18FN3S. The average molecular weight is 339 g/mol. The molecule has 24 heavy (non-hydrogen) atoms. The molecule has 0 saturated heterocycles. The second-order valence-corrected chi connectivity index (χ2v) is 6.31. The number of aromatic nitrogens is 1. The van der Waals surface area contributed by atoms with Gasteiger partial charge in [-0.2, -0.15) is 5.10 Å². The fourth-order valence-electron chi connectivity index (χ4n) is 2.40. The number of thiazole rings is 1. The molecule has 0 saturated carbocycles. The Hall–Kier alpha value is -2.53. The molecule has 0 radical (unpaired) electrons. The number of halogens is 1. The van der Waals surface area contributed by atoms with Crippen LogP contribution >= 0.6 is 11.3 Å². The standard InChI is InChI=1S/C19H18FN3S/c1-13-8-10-15(11-9-13)14(2)22-23-18(12-24-19(23)21-3)16-6-4-5-7-17(16)20/h4-12H,1-3H3.